The zero-order chi connectivity index (χ0) is 19.6. The summed E-state index contributed by atoms with van der Waals surface area (Å²) in [6.45, 7) is 3.44. The van der Waals surface area contributed by atoms with Crippen LogP contribution >= 0.6 is 0 Å². The maximum Gasteiger partial charge on any atom is 0.419 e. The van der Waals surface area contributed by atoms with E-state index in [4.69, 9.17) is 4.74 Å². The van der Waals surface area contributed by atoms with Gasteiger partial charge in [0.2, 0.25) is 0 Å². The molecule has 0 amide bonds. The van der Waals surface area contributed by atoms with Crippen molar-refractivity contribution >= 4 is 0 Å². The molecule has 0 aromatic carbocycles. The molecule has 1 fully saturated rings. The van der Waals surface area contributed by atoms with E-state index in [0.717, 1.165) is 24.4 Å². The van der Waals surface area contributed by atoms with Gasteiger partial charge in [0, 0.05) is 24.6 Å². The van der Waals surface area contributed by atoms with Crippen molar-refractivity contribution < 1.29 is 27.4 Å². The number of alkyl halides is 3. The van der Waals surface area contributed by atoms with Gasteiger partial charge in [-0.1, -0.05) is 6.92 Å². The Bertz CT molecular complexity index is 850. The van der Waals surface area contributed by atoms with E-state index < -0.39 is 29.9 Å². The molecule has 0 saturated carbocycles. The van der Waals surface area contributed by atoms with E-state index in [1.807, 2.05) is 6.92 Å². The topological polar surface area (TPSA) is 66.7 Å². The highest BCUT2D eigenvalue weighted by Crippen LogP contribution is 2.45. The van der Waals surface area contributed by atoms with Crippen molar-refractivity contribution in [2.75, 3.05) is 6.54 Å². The van der Waals surface area contributed by atoms with Crippen LogP contribution in [0.4, 0.5) is 17.6 Å². The SMILES string of the molecule is C[C@@H]1CN(C2OC2[C@@](C)(O)C(F)(F)F)Cc2cnn(-c3ccc(F)cn3)c21. The number of aliphatic hydroxyl groups is 1. The molecule has 2 aromatic rings. The lowest BCUT2D eigenvalue weighted by Crippen LogP contribution is -2.50. The van der Waals surface area contributed by atoms with Crippen molar-refractivity contribution in [1.82, 2.24) is 19.7 Å². The van der Waals surface area contributed by atoms with E-state index in [1.165, 1.54) is 12.1 Å². The lowest BCUT2D eigenvalue weighted by atomic mass is 9.96. The number of ether oxygens (including phenoxy) is 1. The molecule has 4 atom stereocenters. The smallest absolute Gasteiger partial charge is 0.378 e. The summed E-state index contributed by atoms with van der Waals surface area (Å²) in [6.07, 6.45) is -4.16. The van der Waals surface area contributed by atoms with Gasteiger partial charge in [-0.2, -0.15) is 18.3 Å². The Morgan fingerprint density at radius 3 is 2.63 bits per heavy atom. The quantitative estimate of drug-likeness (QED) is 0.648. The standard InChI is InChI=1S/C17H18F4N4O2/c1-9-7-24(15-14(27-15)16(2,26)17(19,20)21)8-10-5-23-25(13(9)10)12-4-3-11(18)6-22-12/h3-6,9,14-15,26H,7-8H2,1-2H3/t9-,14?,15?,16-/m1/s1. The molecule has 2 aliphatic heterocycles. The number of hydrogen-bond acceptors (Lipinski definition) is 5. The third-order valence-electron chi connectivity index (χ3n) is 5.12. The minimum atomic E-state index is -4.77. The Morgan fingerprint density at radius 1 is 1.26 bits per heavy atom. The normalized spacial score (nSPS) is 27.9. The molecule has 0 radical (unpaired) electrons. The van der Waals surface area contributed by atoms with Gasteiger partial charge in [0.1, 0.15) is 18.1 Å². The van der Waals surface area contributed by atoms with Crippen molar-refractivity contribution in [1.29, 1.82) is 0 Å². The largest absolute Gasteiger partial charge is 0.419 e. The molecular weight excluding hydrogens is 368 g/mol. The van der Waals surface area contributed by atoms with Crippen LogP contribution in [-0.2, 0) is 11.3 Å². The Hall–Kier alpha value is -2.04. The number of pyridine rings is 1. The first-order valence-corrected chi connectivity index (χ1v) is 8.47. The molecule has 4 heterocycles. The number of hydrogen-bond donors (Lipinski definition) is 1. The Labute approximate surface area is 152 Å². The summed E-state index contributed by atoms with van der Waals surface area (Å²) in [6, 6.07) is 2.81. The predicted octanol–water partition coefficient (Wildman–Crippen LogP) is 2.36. The number of nitrogens with zero attached hydrogens (tertiary/aromatic N) is 4. The molecule has 2 aliphatic rings. The van der Waals surface area contributed by atoms with E-state index in [1.54, 1.807) is 15.8 Å². The molecule has 1 saturated heterocycles. The van der Waals surface area contributed by atoms with E-state index in [9.17, 15) is 22.7 Å². The number of rotatable bonds is 3. The summed E-state index contributed by atoms with van der Waals surface area (Å²) in [5.74, 6) is -0.0464. The lowest BCUT2D eigenvalue weighted by molar-refractivity contribution is -0.259. The van der Waals surface area contributed by atoms with Gasteiger partial charge < -0.3 is 9.84 Å². The summed E-state index contributed by atoms with van der Waals surface area (Å²) >= 11 is 0. The maximum absolute atomic E-state index is 13.1. The second kappa shape index (κ2) is 5.98. The molecule has 2 aromatic heterocycles. The van der Waals surface area contributed by atoms with Crippen LogP contribution in [0, 0.1) is 5.82 Å². The lowest BCUT2D eigenvalue weighted by Gasteiger charge is -2.31. The monoisotopic (exact) mass is 386 g/mol. The van der Waals surface area contributed by atoms with Crippen LogP contribution < -0.4 is 0 Å². The Morgan fingerprint density at radius 2 is 2.00 bits per heavy atom. The van der Waals surface area contributed by atoms with Crippen molar-refractivity contribution in [3.63, 3.8) is 0 Å². The summed E-state index contributed by atoms with van der Waals surface area (Å²) in [7, 11) is 0. The van der Waals surface area contributed by atoms with Crippen LogP contribution in [0.2, 0.25) is 0 Å². The van der Waals surface area contributed by atoms with Crippen LogP contribution in [0.3, 0.4) is 0 Å². The van der Waals surface area contributed by atoms with Gasteiger partial charge in [-0.05, 0) is 19.1 Å². The minimum absolute atomic E-state index is 0.0659. The van der Waals surface area contributed by atoms with E-state index in [-0.39, 0.29) is 5.92 Å². The average Bonchev–Trinajstić information content (AvgIpc) is 3.28. The van der Waals surface area contributed by atoms with Crippen molar-refractivity contribution in [2.45, 2.75) is 50.4 Å². The van der Waals surface area contributed by atoms with Crippen LogP contribution in [-0.4, -0.2) is 55.4 Å². The second-order valence-electron chi connectivity index (χ2n) is 7.22. The van der Waals surface area contributed by atoms with Crippen LogP contribution in [0.15, 0.2) is 24.5 Å². The summed E-state index contributed by atoms with van der Waals surface area (Å²) in [5, 5.41) is 14.1. The highest BCUT2D eigenvalue weighted by Gasteiger charge is 2.66. The number of aromatic nitrogens is 3. The molecule has 0 bridgehead atoms. The molecule has 2 unspecified atom stereocenters. The molecule has 6 nitrogen and oxygen atoms in total. The van der Waals surface area contributed by atoms with Gasteiger partial charge in [0.25, 0.3) is 0 Å². The average molecular weight is 386 g/mol. The fourth-order valence-corrected chi connectivity index (χ4v) is 3.58. The minimum Gasteiger partial charge on any atom is -0.378 e. The van der Waals surface area contributed by atoms with Gasteiger partial charge in [0.15, 0.2) is 11.4 Å². The predicted molar refractivity (Wildman–Crippen MR) is 85.5 cm³/mol. The van der Waals surface area contributed by atoms with Crippen LogP contribution in [0.1, 0.15) is 31.0 Å². The molecule has 0 spiro atoms. The highest BCUT2D eigenvalue weighted by molar-refractivity contribution is 5.33. The molecular formula is C17H18F4N4O2. The second-order valence-corrected chi connectivity index (χ2v) is 7.22. The van der Waals surface area contributed by atoms with Gasteiger partial charge >= 0.3 is 6.18 Å². The first-order chi connectivity index (χ1) is 12.6. The number of epoxide rings is 1. The van der Waals surface area contributed by atoms with E-state index >= 15 is 0 Å². The van der Waals surface area contributed by atoms with Crippen molar-refractivity contribution in [3.05, 3.63) is 41.6 Å². The van der Waals surface area contributed by atoms with Gasteiger partial charge in [-0.25, -0.2) is 14.1 Å². The van der Waals surface area contributed by atoms with Crippen LogP contribution in [0.5, 0.6) is 0 Å². The Balaban J connectivity index is 1.55. The van der Waals surface area contributed by atoms with Gasteiger partial charge in [0.05, 0.1) is 18.1 Å². The number of fused-ring (bicyclic) bond motifs is 1. The van der Waals surface area contributed by atoms with Gasteiger partial charge in [-0.3, -0.25) is 4.90 Å². The fraction of sp³-hybridized carbons (Fsp3) is 0.529. The van der Waals surface area contributed by atoms with Crippen molar-refractivity contribution in [3.8, 4) is 5.82 Å². The third-order valence-corrected chi connectivity index (χ3v) is 5.12. The highest BCUT2D eigenvalue weighted by atomic mass is 19.4. The summed E-state index contributed by atoms with van der Waals surface area (Å²) in [4.78, 5) is 5.80. The molecule has 27 heavy (non-hydrogen) atoms. The third kappa shape index (κ3) is 3.01. The first kappa shape index (κ1) is 18.3. The van der Waals surface area contributed by atoms with Crippen molar-refractivity contribution in [2.24, 2.45) is 0 Å². The van der Waals surface area contributed by atoms with Crippen LogP contribution in [0.25, 0.3) is 5.82 Å². The molecule has 0 aliphatic carbocycles. The number of halogens is 4. The van der Waals surface area contributed by atoms with Gasteiger partial charge in [-0.15, -0.1) is 0 Å². The summed E-state index contributed by atoms with van der Waals surface area (Å²) < 4.78 is 58.9. The summed E-state index contributed by atoms with van der Waals surface area (Å²) in [5.41, 5.74) is -1.19. The van der Waals surface area contributed by atoms with E-state index in [0.29, 0.717) is 18.9 Å². The zero-order valence-corrected chi connectivity index (χ0v) is 14.6. The molecule has 146 valence electrons. The fourth-order valence-electron chi connectivity index (χ4n) is 3.58. The zero-order valence-electron chi connectivity index (χ0n) is 14.6. The molecule has 4 rings (SSSR count). The molecule has 1 N–H and O–H groups in total. The Kier molecular flexibility index (Phi) is 4.06. The molecule has 10 heteroatoms. The first-order valence-electron chi connectivity index (χ1n) is 8.47. The maximum atomic E-state index is 13.1. The van der Waals surface area contributed by atoms with E-state index in [2.05, 4.69) is 10.1 Å².